The van der Waals surface area contributed by atoms with Gasteiger partial charge in [0.25, 0.3) is 0 Å². The van der Waals surface area contributed by atoms with Gasteiger partial charge >= 0.3 is 0 Å². The summed E-state index contributed by atoms with van der Waals surface area (Å²) in [5.74, 6) is 0.306. The van der Waals surface area contributed by atoms with Crippen molar-refractivity contribution in [2.24, 2.45) is 0 Å². The van der Waals surface area contributed by atoms with Crippen LogP contribution in [-0.2, 0) is 17.1 Å². The number of phenolic OH excluding ortho intramolecular Hbond substituents is 1. The molecule has 1 radical (unpaired) electrons. The summed E-state index contributed by atoms with van der Waals surface area (Å²) in [4.78, 5) is 3.92. The minimum atomic E-state index is 0. The maximum atomic E-state index is 9.72. The van der Waals surface area contributed by atoms with Gasteiger partial charge in [-0.15, -0.1) is 0 Å². The van der Waals surface area contributed by atoms with Crippen LogP contribution in [-0.4, -0.2) is 14.7 Å². The first-order valence-electron chi connectivity index (χ1n) is 4.06. The third-order valence-electron chi connectivity index (χ3n) is 2.00. The van der Waals surface area contributed by atoms with E-state index in [0.29, 0.717) is 5.75 Å². The topological polar surface area (TPSA) is 38.0 Å². The van der Waals surface area contributed by atoms with Crippen molar-refractivity contribution < 1.29 is 22.2 Å². The molecule has 1 aromatic carbocycles. The van der Waals surface area contributed by atoms with Crippen LogP contribution in [0.15, 0.2) is 36.9 Å². The maximum absolute atomic E-state index is 9.72. The van der Waals surface area contributed by atoms with E-state index in [2.05, 4.69) is 4.98 Å². The zero-order valence-electron chi connectivity index (χ0n) is 7.68. The Balaban J connectivity index is 0.000000980. The maximum Gasteiger partial charge on any atom is 0.142 e. The number of hydrogen-bond acceptors (Lipinski definition) is 2. The summed E-state index contributed by atoms with van der Waals surface area (Å²) < 4.78 is 1.78. The smallest absolute Gasteiger partial charge is 0.142 e. The minimum Gasteiger partial charge on any atom is -0.505 e. The summed E-state index contributed by atoms with van der Waals surface area (Å²) in [6.07, 6.45) is 5.14. The molecule has 0 aliphatic heterocycles. The predicted octanol–water partition coefficient (Wildman–Crippen LogP) is 1.88. The molecule has 0 bridgehead atoms. The predicted molar refractivity (Wildman–Crippen MR) is 50.0 cm³/mol. The van der Waals surface area contributed by atoms with Crippen molar-refractivity contribution >= 4 is 0 Å². The number of aromatic nitrogens is 2. The van der Waals surface area contributed by atoms with Crippen molar-refractivity contribution in [1.29, 1.82) is 0 Å². The molecule has 0 saturated heterocycles. The number of aryl methyl sites for hydroxylation is 1. The van der Waals surface area contributed by atoms with E-state index in [9.17, 15) is 5.11 Å². The fourth-order valence-corrected chi connectivity index (χ4v) is 1.25. The molecule has 0 aliphatic rings. The van der Waals surface area contributed by atoms with Crippen LogP contribution in [0.3, 0.4) is 0 Å². The number of nitrogens with zero attached hydrogens (tertiary/aromatic N) is 2. The van der Waals surface area contributed by atoms with E-state index in [1.54, 1.807) is 23.3 Å². The Morgan fingerprint density at radius 2 is 2.14 bits per heavy atom. The van der Waals surface area contributed by atoms with Crippen LogP contribution >= 0.6 is 0 Å². The average Bonchev–Trinajstić information content (AvgIpc) is 2.62. The Kier molecular flexibility index (Phi) is 3.33. The second kappa shape index (κ2) is 4.31. The first-order chi connectivity index (χ1) is 6.29. The van der Waals surface area contributed by atoms with Crippen molar-refractivity contribution in [1.82, 2.24) is 9.55 Å². The SMILES string of the molecule is Cc1cccc(-n2ccnc2)c1O.[Mn]. The van der Waals surface area contributed by atoms with Crippen LogP contribution in [0.4, 0.5) is 0 Å². The molecule has 0 atom stereocenters. The number of hydrogen-bond donors (Lipinski definition) is 1. The van der Waals surface area contributed by atoms with Gasteiger partial charge in [0, 0.05) is 29.5 Å². The van der Waals surface area contributed by atoms with Gasteiger partial charge in [-0.3, -0.25) is 0 Å². The molecule has 73 valence electrons. The Bertz CT molecular complexity index is 412. The van der Waals surface area contributed by atoms with Crippen LogP contribution in [0.25, 0.3) is 5.69 Å². The molecule has 1 aromatic heterocycles. The molecule has 3 nitrogen and oxygen atoms in total. The molecule has 4 heteroatoms. The number of imidazole rings is 1. The van der Waals surface area contributed by atoms with Gasteiger partial charge in [-0.2, -0.15) is 0 Å². The third kappa shape index (κ3) is 1.81. The molecular formula is C10H10MnN2O. The van der Waals surface area contributed by atoms with Crippen LogP contribution in [0.2, 0.25) is 0 Å². The van der Waals surface area contributed by atoms with Crippen molar-refractivity contribution in [3.63, 3.8) is 0 Å². The zero-order chi connectivity index (χ0) is 9.26. The summed E-state index contributed by atoms with van der Waals surface area (Å²) >= 11 is 0. The Morgan fingerprint density at radius 1 is 1.36 bits per heavy atom. The van der Waals surface area contributed by atoms with E-state index in [1.807, 2.05) is 25.1 Å². The van der Waals surface area contributed by atoms with Gasteiger partial charge in [0.2, 0.25) is 0 Å². The van der Waals surface area contributed by atoms with Crippen LogP contribution in [0.1, 0.15) is 5.56 Å². The molecule has 2 aromatic rings. The van der Waals surface area contributed by atoms with Gasteiger partial charge in [-0.1, -0.05) is 12.1 Å². The average molecular weight is 229 g/mol. The van der Waals surface area contributed by atoms with Gasteiger partial charge < -0.3 is 9.67 Å². The molecule has 14 heavy (non-hydrogen) atoms. The Labute approximate surface area is 92.9 Å². The summed E-state index contributed by atoms with van der Waals surface area (Å²) in [5, 5.41) is 9.72. The van der Waals surface area contributed by atoms with Gasteiger partial charge in [0.1, 0.15) is 5.75 Å². The molecule has 0 amide bonds. The minimum absolute atomic E-state index is 0. The number of rotatable bonds is 1. The van der Waals surface area contributed by atoms with E-state index in [-0.39, 0.29) is 17.1 Å². The summed E-state index contributed by atoms with van der Waals surface area (Å²) in [6.45, 7) is 1.87. The third-order valence-corrected chi connectivity index (χ3v) is 2.00. The van der Waals surface area contributed by atoms with Crippen molar-refractivity contribution in [2.75, 3.05) is 0 Å². The van der Waals surface area contributed by atoms with Crippen LogP contribution < -0.4 is 0 Å². The first-order valence-corrected chi connectivity index (χ1v) is 4.06. The molecule has 0 fully saturated rings. The molecule has 0 unspecified atom stereocenters. The fraction of sp³-hybridized carbons (Fsp3) is 0.100. The van der Waals surface area contributed by atoms with Crippen molar-refractivity contribution in [2.45, 2.75) is 6.92 Å². The first kappa shape index (κ1) is 10.8. The molecular weight excluding hydrogens is 219 g/mol. The van der Waals surface area contributed by atoms with Gasteiger partial charge in [-0.05, 0) is 18.6 Å². The van der Waals surface area contributed by atoms with E-state index in [1.165, 1.54) is 0 Å². The fourth-order valence-electron chi connectivity index (χ4n) is 1.25. The second-order valence-corrected chi connectivity index (χ2v) is 2.91. The van der Waals surface area contributed by atoms with Crippen molar-refractivity contribution in [3.05, 3.63) is 42.5 Å². The van der Waals surface area contributed by atoms with Gasteiger partial charge in [0.15, 0.2) is 0 Å². The summed E-state index contributed by atoms with van der Waals surface area (Å²) in [5.41, 5.74) is 1.63. The number of phenols is 1. The van der Waals surface area contributed by atoms with E-state index < -0.39 is 0 Å². The summed E-state index contributed by atoms with van der Waals surface area (Å²) in [7, 11) is 0. The van der Waals surface area contributed by atoms with Gasteiger partial charge in [0.05, 0.1) is 12.0 Å². The van der Waals surface area contributed by atoms with E-state index in [4.69, 9.17) is 0 Å². The quantitative estimate of drug-likeness (QED) is 0.758. The van der Waals surface area contributed by atoms with E-state index >= 15 is 0 Å². The molecule has 0 spiro atoms. The Hall–Kier alpha value is -1.25. The number of para-hydroxylation sites is 1. The van der Waals surface area contributed by atoms with Crippen molar-refractivity contribution in [3.8, 4) is 11.4 Å². The second-order valence-electron chi connectivity index (χ2n) is 2.91. The largest absolute Gasteiger partial charge is 0.505 e. The number of benzene rings is 1. The summed E-state index contributed by atoms with van der Waals surface area (Å²) in [6, 6.07) is 5.63. The monoisotopic (exact) mass is 229 g/mol. The van der Waals surface area contributed by atoms with E-state index in [0.717, 1.165) is 11.3 Å². The molecule has 2 rings (SSSR count). The number of aromatic hydroxyl groups is 1. The van der Waals surface area contributed by atoms with Crippen LogP contribution in [0, 0.1) is 6.92 Å². The Morgan fingerprint density at radius 3 is 2.79 bits per heavy atom. The zero-order valence-corrected chi connectivity index (χ0v) is 8.86. The van der Waals surface area contributed by atoms with Gasteiger partial charge in [-0.25, -0.2) is 4.98 Å². The molecule has 0 aliphatic carbocycles. The molecule has 0 saturated carbocycles. The standard InChI is InChI=1S/C10H10N2O.Mn/c1-8-3-2-4-9(10(8)13)12-6-5-11-7-12;/h2-7,13H,1H3;. The normalized spacial score (nSPS) is 9.50. The molecule has 1 heterocycles. The molecule has 1 N–H and O–H groups in total. The van der Waals surface area contributed by atoms with Crippen LogP contribution in [0.5, 0.6) is 5.75 Å².